The minimum absolute atomic E-state index is 0.111. The standard InChI is InChI=1S/C50H96O9/c1-3-5-7-9-11-13-15-17-18-19-20-21-22-23-24-25-26-28-30-32-34-36-38-40-56-42-44(43-57-50-49(55)48(54)47(53)45(41-51)59-50)58-46(52)39-37-35-33-31-29-27-16-14-12-10-8-6-4-2/h14,16,44-45,47-51,53-55H,3-13,15,17-43H2,1-2H3/b16-14-. The van der Waals surface area contributed by atoms with Crippen LogP contribution in [0.4, 0.5) is 0 Å². The van der Waals surface area contributed by atoms with Gasteiger partial charge in [-0.3, -0.25) is 4.79 Å². The first kappa shape index (κ1) is 55.9. The summed E-state index contributed by atoms with van der Waals surface area (Å²) < 4.78 is 22.9. The quantitative estimate of drug-likeness (QED) is 0.0269. The van der Waals surface area contributed by atoms with Crippen molar-refractivity contribution in [2.45, 2.75) is 275 Å². The zero-order chi connectivity index (χ0) is 42.9. The summed E-state index contributed by atoms with van der Waals surface area (Å²) in [7, 11) is 0. The molecule has 0 aliphatic carbocycles. The molecule has 6 atom stereocenters. The van der Waals surface area contributed by atoms with E-state index < -0.39 is 43.4 Å². The molecule has 0 radical (unpaired) electrons. The van der Waals surface area contributed by atoms with Crippen LogP contribution in [0, 0.1) is 0 Å². The van der Waals surface area contributed by atoms with Gasteiger partial charge in [-0.2, -0.15) is 0 Å². The van der Waals surface area contributed by atoms with E-state index in [1.54, 1.807) is 0 Å². The smallest absolute Gasteiger partial charge is 0.306 e. The van der Waals surface area contributed by atoms with E-state index in [1.165, 1.54) is 173 Å². The Kier molecular flexibility index (Phi) is 40.1. The Morgan fingerprint density at radius 1 is 0.525 bits per heavy atom. The van der Waals surface area contributed by atoms with E-state index in [0.29, 0.717) is 13.0 Å². The third-order valence-corrected chi connectivity index (χ3v) is 11.9. The van der Waals surface area contributed by atoms with Gasteiger partial charge in [0, 0.05) is 13.0 Å². The summed E-state index contributed by atoms with van der Waals surface area (Å²) >= 11 is 0. The monoisotopic (exact) mass is 841 g/mol. The lowest BCUT2D eigenvalue weighted by Crippen LogP contribution is -2.59. The van der Waals surface area contributed by atoms with E-state index in [2.05, 4.69) is 26.0 Å². The predicted octanol–water partition coefficient (Wildman–Crippen LogP) is 12.0. The molecule has 1 fully saturated rings. The Balaban J connectivity index is 2.16. The van der Waals surface area contributed by atoms with E-state index in [9.17, 15) is 25.2 Å². The molecule has 0 spiro atoms. The number of hydrogen-bond donors (Lipinski definition) is 4. The second-order valence-electron chi connectivity index (χ2n) is 17.6. The maximum Gasteiger partial charge on any atom is 0.306 e. The number of esters is 1. The van der Waals surface area contributed by atoms with Crippen molar-refractivity contribution in [3.8, 4) is 0 Å². The first-order valence-corrected chi connectivity index (χ1v) is 25.3. The summed E-state index contributed by atoms with van der Waals surface area (Å²) in [5, 5.41) is 40.2. The molecule has 0 saturated carbocycles. The summed E-state index contributed by atoms with van der Waals surface area (Å²) in [5.41, 5.74) is 0. The molecule has 9 nitrogen and oxygen atoms in total. The van der Waals surface area contributed by atoms with E-state index in [0.717, 1.165) is 44.9 Å². The summed E-state index contributed by atoms with van der Waals surface area (Å²) in [6.07, 6.45) is 41.1. The molecule has 0 aromatic heterocycles. The molecule has 1 aliphatic heterocycles. The Morgan fingerprint density at radius 3 is 1.39 bits per heavy atom. The lowest BCUT2D eigenvalue weighted by atomic mass is 9.99. The second-order valence-corrected chi connectivity index (χ2v) is 17.6. The van der Waals surface area contributed by atoms with Gasteiger partial charge in [0.25, 0.3) is 0 Å². The Hall–Kier alpha value is -1.07. The third-order valence-electron chi connectivity index (χ3n) is 11.9. The van der Waals surface area contributed by atoms with Gasteiger partial charge in [0.1, 0.15) is 30.5 Å². The summed E-state index contributed by atoms with van der Waals surface area (Å²) in [5.74, 6) is -0.318. The largest absolute Gasteiger partial charge is 0.457 e. The molecule has 0 aromatic carbocycles. The molecule has 1 aliphatic rings. The molecule has 6 unspecified atom stereocenters. The van der Waals surface area contributed by atoms with Gasteiger partial charge in [0.2, 0.25) is 0 Å². The first-order chi connectivity index (χ1) is 28.9. The van der Waals surface area contributed by atoms with Crippen molar-refractivity contribution in [2.24, 2.45) is 0 Å². The summed E-state index contributed by atoms with van der Waals surface area (Å²) in [4.78, 5) is 12.8. The minimum atomic E-state index is -1.53. The molecule has 0 aromatic rings. The van der Waals surface area contributed by atoms with Crippen LogP contribution in [0.25, 0.3) is 0 Å². The van der Waals surface area contributed by atoms with Gasteiger partial charge < -0.3 is 39.4 Å². The van der Waals surface area contributed by atoms with Crippen LogP contribution in [0.5, 0.6) is 0 Å². The van der Waals surface area contributed by atoms with Gasteiger partial charge in [0.15, 0.2) is 6.29 Å². The molecule has 350 valence electrons. The fourth-order valence-corrected chi connectivity index (χ4v) is 7.96. The van der Waals surface area contributed by atoms with Gasteiger partial charge in [-0.25, -0.2) is 0 Å². The van der Waals surface area contributed by atoms with Gasteiger partial charge in [-0.05, 0) is 38.5 Å². The molecule has 4 N–H and O–H groups in total. The number of carbonyl (C=O) groups excluding carboxylic acids is 1. The highest BCUT2D eigenvalue weighted by molar-refractivity contribution is 5.69. The predicted molar refractivity (Wildman–Crippen MR) is 243 cm³/mol. The van der Waals surface area contributed by atoms with E-state index >= 15 is 0 Å². The number of allylic oxidation sites excluding steroid dienone is 2. The van der Waals surface area contributed by atoms with Crippen molar-refractivity contribution in [1.29, 1.82) is 0 Å². The van der Waals surface area contributed by atoms with Crippen molar-refractivity contribution >= 4 is 5.97 Å². The van der Waals surface area contributed by atoms with Crippen molar-refractivity contribution in [3.05, 3.63) is 12.2 Å². The topological polar surface area (TPSA) is 135 Å². The number of aliphatic hydroxyl groups excluding tert-OH is 4. The van der Waals surface area contributed by atoms with Crippen LogP contribution in [-0.2, 0) is 23.7 Å². The Labute approximate surface area is 363 Å². The van der Waals surface area contributed by atoms with Crippen molar-refractivity contribution in [3.63, 3.8) is 0 Å². The zero-order valence-corrected chi connectivity index (χ0v) is 38.5. The van der Waals surface area contributed by atoms with Crippen molar-refractivity contribution in [2.75, 3.05) is 26.4 Å². The van der Waals surface area contributed by atoms with Crippen LogP contribution < -0.4 is 0 Å². The third kappa shape index (κ3) is 33.2. The highest BCUT2D eigenvalue weighted by Gasteiger charge is 2.44. The average molecular weight is 841 g/mol. The summed E-state index contributed by atoms with van der Waals surface area (Å²) in [6.45, 7) is 4.58. The van der Waals surface area contributed by atoms with Crippen LogP contribution in [-0.4, -0.2) is 89.6 Å². The number of hydrogen-bond acceptors (Lipinski definition) is 9. The SMILES string of the molecule is CCCCCC/C=C\CCCCCCCC(=O)OC(COCCCCCCCCCCCCCCCCCCCCCCCCC)COC1OC(CO)C(O)C(O)C1O. The molecule has 1 rings (SSSR count). The lowest BCUT2D eigenvalue weighted by molar-refractivity contribution is -0.305. The van der Waals surface area contributed by atoms with Crippen LogP contribution in [0.15, 0.2) is 12.2 Å². The zero-order valence-electron chi connectivity index (χ0n) is 38.5. The molecule has 59 heavy (non-hydrogen) atoms. The number of carbonyl (C=O) groups is 1. The number of aliphatic hydroxyl groups is 4. The van der Waals surface area contributed by atoms with Crippen LogP contribution >= 0.6 is 0 Å². The van der Waals surface area contributed by atoms with Gasteiger partial charge in [0.05, 0.1) is 19.8 Å². The van der Waals surface area contributed by atoms with Crippen molar-refractivity contribution in [1.82, 2.24) is 0 Å². The normalized spacial score (nSPS) is 20.1. The Bertz CT molecular complexity index is 915. The fourth-order valence-electron chi connectivity index (χ4n) is 7.96. The van der Waals surface area contributed by atoms with Crippen LogP contribution in [0.1, 0.15) is 239 Å². The van der Waals surface area contributed by atoms with Gasteiger partial charge in [-0.15, -0.1) is 0 Å². The van der Waals surface area contributed by atoms with E-state index in [-0.39, 0.29) is 19.2 Å². The van der Waals surface area contributed by atoms with Crippen molar-refractivity contribution < 1.29 is 44.2 Å². The van der Waals surface area contributed by atoms with E-state index in [4.69, 9.17) is 18.9 Å². The van der Waals surface area contributed by atoms with Crippen LogP contribution in [0.3, 0.4) is 0 Å². The van der Waals surface area contributed by atoms with Crippen LogP contribution in [0.2, 0.25) is 0 Å². The fraction of sp³-hybridized carbons (Fsp3) is 0.940. The number of unbranched alkanes of at least 4 members (excludes halogenated alkanes) is 31. The minimum Gasteiger partial charge on any atom is -0.457 e. The highest BCUT2D eigenvalue weighted by atomic mass is 16.7. The number of ether oxygens (including phenoxy) is 4. The maximum absolute atomic E-state index is 12.8. The maximum atomic E-state index is 12.8. The van der Waals surface area contributed by atoms with E-state index in [1.807, 2.05) is 0 Å². The molecule has 9 heteroatoms. The van der Waals surface area contributed by atoms with Gasteiger partial charge in [-0.1, -0.05) is 206 Å². The molecular weight excluding hydrogens is 745 g/mol. The molecule has 0 bridgehead atoms. The lowest BCUT2D eigenvalue weighted by Gasteiger charge is -2.39. The molecule has 1 heterocycles. The molecule has 1 saturated heterocycles. The average Bonchev–Trinajstić information content (AvgIpc) is 3.24. The van der Waals surface area contributed by atoms with Gasteiger partial charge >= 0.3 is 5.97 Å². The molecule has 0 amide bonds. The highest BCUT2D eigenvalue weighted by Crippen LogP contribution is 2.23. The summed E-state index contributed by atoms with van der Waals surface area (Å²) in [6, 6.07) is 0. The molecular formula is C50H96O9. The number of rotatable bonds is 44. The first-order valence-electron chi connectivity index (χ1n) is 25.3. The second kappa shape index (κ2) is 42.2. The Morgan fingerprint density at radius 2 is 0.932 bits per heavy atom.